The standard InChI is InChI=1S/C23H30S3/c1-12(2)21-10-16-9-18(19(24)11-22(16)25-21)15-6-7-20-17(8-15)14(5)23(26-20)13(3)4/h6-7,9-16,22-24H,8H2,1-5H3. The van der Waals surface area contributed by atoms with E-state index in [9.17, 15) is 0 Å². The zero-order valence-corrected chi connectivity index (χ0v) is 18.9. The second kappa shape index (κ2) is 7.29. The molecule has 2 aliphatic carbocycles. The quantitative estimate of drug-likeness (QED) is 0.494. The van der Waals surface area contributed by atoms with Crippen molar-refractivity contribution in [3.8, 4) is 0 Å². The Balaban J connectivity index is 1.55. The molecule has 5 unspecified atom stereocenters. The lowest BCUT2D eigenvalue weighted by atomic mass is 9.78. The second-order valence-electron chi connectivity index (χ2n) is 8.73. The summed E-state index contributed by atoms with van der Waals surface area (Å²) >= 11 is 9.04. The molecule has 0 nitrogen and oxygen atoms in total. The Labute approximate surface area is 173 Å². The predicted molar refractivity (Wildman–Crippen MR) is 123 cm³/mol. The molecule has 0 aromatic carbocycles. The number of hydrogen-bond donors (Lipinski definition) is 1. The van der Waals surface area contributed by atoms with E-state index in [1.54, 1.807) is 15.4 Å². The number of rotatable bonds is 3. The molecule has 2 heterocycles. The third-order valence-corrected chi connectivity index (χ3v) is 10.1. The van der Waals surface area contributed by atoms with E-state index in [2.05, 4.69) is 76.8 Å². The maximum Gasteiger partial charge on any atom is 0.0383 e. The Morgan fingerprint density at radius 2 is 1.85 bits per heavy atom. The van der Waals surface area contributed by atoms with Gasteiger partial charge >= 0.3 is 0 Å². The summed E-state index contributed by atoms with van der Waals surface area (Å²) in [6.07, 6.45) is 13.4. The fraction of sp³-hybridized carbons (Fsp3) is 0.565. The number of allylic oxidation sites excluding steroid dienone is 7. The monoisotopic (exact) mass is 402 g/mol. The van der Waals surface area contributed by atoms with Crippen LogP contribution in [0.15, 0.2) is 56.2 Å². The summed E-state index contributed by atoms with van der Waals surface area (Å²) in [5.41, 5.74) is 3.13. The lowest BCUT2D eigenvalue weighted by molar-refractivity contribution is 0.493. The van der Waals surface area contributed by atoms with Gasteiger partial charge in [0.25, 0.3) is 0 Å². The van der Waals surface area contributed by atoms with E-state index in [0.29, 0.717) is 28.9 Å². The summed E-state index contributed by atoms with van der Waals surface area (Å²) in [6, 6.07) is 0. The molecule has 0 aromatic rings. The predicted octanol–water partition coefficient (Wildman–Crippen LogP) is 7.25. The summed E-state index contributed by atoms with van der Waals surface area (Å²) in [6.45, 7) is 11.8. The van der Waals surface area contributed by atoms with Crippen LogP contribution in [0.1, 0.15) is 41.0 Å². The smallest absolute Gasteiger partial charge is 0.0383 e. The largest absolute Gasteiger partial charge is 0.143 e. The van der Waals surface area contributed by atoms with Gasteiger partial charge in [0, 0.05) is 32.1 Å². The van der Waals surface area contributed by atoms with Gasteiger partial charge in [0.15, 0.2) is 0 Å². The van der Waals surface area contributed by atoms with Gasteiger partial charge in [0.05, 0.1) is 0 Å². The molecule has 4 rings (SSSR count). The highest BCUT2D eigenvalue weighted by atomic mass is 32.2. The van der Waals surface area contributed by atoms with E-state index in [-0.39, 0.29) is 0 Å². The molecule has 5 atom stereocenters. The maximum atomic E-state index is 4.90. The first-order valence-corrected chi connectivity index (χ1v) is 12.1. The highest BCUT2D eigenvalue weighted by molar-refractivity contribution is 8.04. The zero-order valence-electron chi connectivity index (χ0n) is 16.4. The molecule has 26 heavy (non-hydrogen) atoms. The van der Waals surface area contributed by atoms with Crippen molar-refractivity contribution in [2.24, 2.45) is 29.6 Å². The molecule has 0 spiro atoms. The molecule has 0 bridgehead atoms. The number of hydrogen-bond acceptors (Lipinski definition) is 3. The van der Waals surface area contributed by atoms with Crippen LogP contribution in [-0.2, 0) is 0 Å². The molecular formula is C23H30S3. The van der Waals surface area contributed by atoms with Crippen LogP contribution in [0.3, 0.4) is 0 Å². The van der Waals surface area contributed by atoms with Crippen molar-refractivity contribution in [1.29, 1.82) is 0 Å². The van der Waals surface area contributed by atoms with Crippen molar-refractivity contribution < 1.29 is 0 Å². The van der Waals surface area contributed by atoms with E-state index < -0.39 is 0 Å². The van der Waals surface area contributed by atoms with E-state index >= 15 is 0 Å². The van der Waals surface area contributed by atoms with Crippen LogP contribution in [-0.4, -0.2) is 10.5 Å². The minimum atomic E-state index is 0.494. The lowest BCUT2D eigenvalue weighted by Crippen LogP contribution is -2.20. The average Bonchev–Trinajstić information content (AvgIpc) is 3.15. The fourth-order valence-electron chi connectivity index (χ4n) is 4.65. The van der Waals surface area contributed by atoms with Crippen LogP contribution < -0.4 is 0 Å². The molecule has 3 heteroatoms. The van der Waals surface area contributed by atoms with E-state index in [1.807, 2.05) is 11.8 Å². The highest BCUT2D eigenvalue weighted by Crippen LogP contribution is 2.52. The average molecular weight is 403 g/mol. The summed E-state index contributed by atoms with van der Waals surface area (Å²) in [7, 11) is 0. The molecule has 4 aliphatic rings. The van der Waals surface area contributed by atoms with E-state index in [1.165, 1.54) is 16.9 Å². The third-order valence-electron chi connectivity index (χ3n) is 6.17. The van der Waals surface area contributed by atoms with Crippen LogP contribution >= 0.6 is 36.2 Å². The van der Waals surface area contributed by atoms with E-state index in [4.69, 9.17) is 12.6 Å². The van der Waals surface area contributed by atoms with Gasteiger partial charge in [-0.2, -0.15) is 0 Å². The molecule has 0 N–H and O–H groups in total. The summed E-state index contributed by atoms with van der Waals surface area (Å²) in [5, 5.41) is 1.29. The zero-order chi connectivity index (χ0) is 18.6. The number of thioether (sulfide) groups is 2. The highest BCUT2D eigenvalue weighted by Gasteiger charge is 2.38. The topological polar surface area (TPSA) is 0 Å². The molecule has 0 radical (unpaired) electrons. The maximum absolute atomic E-state index is 4.90. The van der Waals surface area contributed by atoms with Gasteiger partial charge in [0.2, 0.25) is 0 Å². The number of thiol groups is 1. The first kappa shape index (κ1) is 19.1. The molecule has 140 valence electrons. The Morgan fingerprint density at radius 1 is 1.08 bits per heavy atom. The summed E-state index contributed by atoms with van der Waals surface area (Å²) < 4.78 is 0. The van der Waals surface area contributed by atoms with Crippen LogP contribution in [0, 0.1) is 29.6 Å². The second-order valence-corrected chi connectivity index (χ2v) is 11.7. The van der Waals surface area contributed by atoms with Crippen molar-refractivity contribution in [1.82, 2.24) is 0 Å². The molecular weight excluding hydrogens is 372 g/mol. The summed E-state index contributed by atoms with van der Waals surface area (Å²) in [4.78, 5) is 4.29. The first-order valence-electron chi connectivity index (χ1n) is 9.94. The SMILES string of the molecule is CC(C)C1=CC2C=C(C3C=CC4=C(C3)C(C)C(C(C)C)S4)C(S)=CC2S1. The van der Waals surface area contributed by atoms with Gasteiger partial charge in [0.1, 0.15) is 0 Å². The van der Waals surface area contributed by atoms with Gasteiger partial charge in [-0.25, -0.2) is 0 Å². The minimum absolute atomic E-state index is 0.494. The van der Waals surface area contributed by atoms with Crippen LogP contribution in [0.2, 0.25) is 0 Å². The molecule has 0 saturated heterocycles. The Morgan fingerprint density at radius 3 is 2.54 bits per heavy atom. The lowest BCUT2D eigenvalue weighted by Gasteiger charge is -2.29. The Bertz CT molecular complexity index is 747. The molecule has 0 saturated carbocycles. The van der Waals surface area contributed by atoms with Crippen LogP contribution in [0.5, 0.6) is 0 Å². The van der Waals surface area contributed by atoms with E-state index in [0.717, 1.165) is 11.2 Å². The van der Waals surface area contributed by atoms with Crippen molar-refractivity contribution in [3.63, 3.8) is 0 Å². The molecule has 0 amide bonds. The third kappa shape index (κ3) is 3.33. The normalized spacial score (nSPS) is 36.3. The Kier molecular flexibility index (Phi) is 5.35. The van der Waals surface area contributed by atoms with Crippen molar-refractivity contribution in [2.45, 2.75) is 51.5 Å². The van der Waals surface area contributed by atoms with Gasteiger partial charge in [-0.15, -0.1) is 36.2 Å². The van der Waals surface area contributed by atoms with Crippen molar-refractivity contribution in [3.05, 3.63) is 56.2 Å². The van der Waals surface area contributed by atoms with Crippen LogP contribution in [0.4, 0.5) is 0 Å². The van der Waals surface area contributed by atoms with Crippen LogP contribution in [0.25, 0.3) is 0 Å². The molecule has 2 aliphatic heterocycles. The fourth-order valence-corrected chi connectivity index (χ4v) is 8.00. The summed E-state index contributed by atoms with van der Waals surface area (Å²) in [5.74, 6) is 3.10. The van der Waals surface area contributed by atoms with Gasteiger partial charge in [-0.05, 0) is 34.7 Å². The molecule has 0 aromatic heterocycles. The Hall–Kier alpha value is -0.250. The molecule has 0 fully saturated rings. The van der Waals surface area contributed by atoms with Gasteiger partial charge in [-0.3, -0.25) is 0 Å². The minimum Gasteiger partial charge on any atom is -0.143 e. The van der Waals surface area contributed by atoms with Gasteiger partial charge in [-0.1, -0.05) is 70.6 Å². The van der Waals surface area contributed by atoms with Crippen molar-refractivity contribution >= 4 is 36.2 Å². The first-order chi connectivity index (χ1) is 12.3. The van der Waals surface area contributed by atoms with Crippen molar-refractivity contribution in [2.75, 3.05) is 0 Å². The number of fused-ring (bicyclic) bond motifs is 1. The van der Waals surface area contributed by atoms with Gasteiger partial charge < -0.3 is 0 Å².